The van der Waals surface area contributed by atoms with Gasteiger partial charge in [-0.3, -0.25) is 4.79 Å². The van der Waals surface area contributed by atoms with E-state index in [1.807, 2.05) is 24.3 Å². The Balaban J connectivity index is 2.89. The average Bonchev–Trinajstić information content (AvgIpc) is 2.19. The summed E-state index contributed by atoms with van der Waals surface area (Å²) in [6.07, 6.45) is 0.970. The molecule has 3 heteroatoms. The minimum Gasteiger partial charge on any atom is -0.480 e. The van der Waals surface area contributed by atoms with E-state index < -0.39 is 12.0 Å². The molecule has 1 aromatic rings. The number of hydrogen-bond donors (Lipinski definition) is 2. The van der Waals surface area contributed by atoms with Crippen LogP contribution in [0.15, 0.2) is 24.3 Å². The van der Waals surface area contributed by atoms with E-state index >= 15 is 0 Å². The number of rotatable bonds is 4. The second-order valence-corrected chi connectivity index (χ2v) is 3.16. The van der Waals surface area contributed by atoms with Crippen molar-refractivity contribution in [1.82, 2.24) is 5.32 Å². The van der Waals surface area contributed by atoms with E-state index in [0.717, 1.165) is 12.0 Å². The van der Waals surface area contributed by atoms with Gasteiger partial charge in [0.05, 0.1) is 0 Å². The molecule has 1 unspecified atom stereocenters. The number of likely N-dealkylation sites (N-methyl/N-ethyl adjacent to an activating group) is 1. The summed E-state index contributed by atoms with van der Waals surface area (Å²) in [6.45, 7) is 2.07. The second kappa shape index (κ2) is 4.77. The van der Waals surface area contributed by atoms with Gasteiger partial charge in [0, 0.05) is 0 Å². The van der Waals surface area contributed by atoms with Crippen molar-refractivity contribution in [3.8, 4) is 0 Å². The molecule has 0 fully saturated rings. The van der Waals surface area contributed by atoms with Gasteiger partial charge >= 0.3 is 5.97 Å². The highest BCUT2D eigenvalue weighted by molar-refractivity contribution is 5.75. The number of nitrogens with one attached hydrogen (secondary N) is 1. The lowest BCUT2D eigenvalue weighted by atomic mass is 10.0. The topological polar surface area (TPSA) is 49.3 Å². The molecule has 76 valence electrons. The molecule has 2 N–H and O–H groups in total. The van der Waals surface area contributed by atoms with Crippen molar-refractivity contribution in [1.29, 1.82) is 0 Å². The third-order valence-electron chi connectivity index (χ3n) is 2.26. The molecule has 0 heterocycles. The normalized spacial score (nSPS) is 12.4. The van der Waals surface area contributed by atoms with Gasteiger partial charge in [-0.2, -0.15) is 0 Å². The van der Waals surface area contributed by atoms with E-state index in [1.54, 1.807) is 7.05 Å². The molecule has 0 aliphatic rings. The van der Waals surface area contributed by atoms with Gasteiger partial charge in [-0.1, -0.05) is 31.2 Å². The van der Waals surface area contributed by atoms with Gasteiger partial charge in [0.2, 0.25) is 0 Å². The first-order chi connectivity index (χ1) is 6.69. The molecule has 1 aromatic carbocycles. The summed E-state index contributed by atoms with van der Waals surface area (Å²) < 4.78 is 0. The largest absolute Gasteiger partial charge is 0.480 e. The van der Waals surface area contributed by atoms with E-state index in [0.29, 0.717) is 0 Å². The molecule has 0 bridgehead atoms. The summed E-state index contributed by atoms with van der Waals surface area (Å²) in [7, 11) is 1.65. The Hall–Kier alpha value is -1.35. The number of carbonyl (C=O) groups is 1. The van der Waals surface area contributed by atoms with E-state index in [4.69, 9.17) is 5.11 Å². The maximum Gasteiger partial charge on any atom is 0.325 e. The van der Waals surface area contributed by atoms with Crippen LogP contribution >= 0.6 is 0 Å². The molecule has 0 radical (unpaired) electrons. The lowest BCUT2D eigenvalue weighted by Gasteiger charge is -2.11. The fourth-order valence-electron chi connectivity index (χ4n) is 1.38. The smallest absolute Gasteiger partial charge is 0.325 e. The van der Waals surface area contributed by atoms with Gasteiger partial charge in [0.15, 0.2) is 0 Å². The van der Waals surface area contributed by atoms with Crippen molar-refractivity contribution in [3.63, 3.8) is 0 Å². The molecule has 0 aliphatic heterocycles. The quantitative estimate of drug-likeness (QED) is 0.763. The molecule has 3 nitrogen and oxygen atoms in total. The molecule has 0 aliphatic carbocycles. The lowest BCUT2D eigenvalue weighted by molar-refractivity contribution is -0.139. The highest BCUT2D eigenvalue weighted by atomic mass is 16.4. The van der Waals surface area contributed by atoms with E-state index in [1.165, 1.54) is 5.56 Å². The fourth-order valence-corrected chi connectivity index (χ4v) is 1.38. The molecule has 0 spiro atoms. The van der Waals surface area contributed by atoms with E-state index in [9.17, 15) is 4.79 Å². The van der Waals surface area contributed by atoms with Gasteiger partial charge < -0.3 is 10.4 Å². The summed E-state index contributed by atoms with van der Waals surface area (Å²) in [5.74, 6) is -0.850. The van der Waals surface area contributed by atoms with Crippen molar-refractivity contribution >= 4 is 5.97 Å². The summed E-state index contributed by atoms with van der Waals surface area (Å²) in [6, 6.07) is 7.02. The fraction of sp³-hybridized carbons (Fsp3) is 0.364. The van der Waals surface area contributed by atoms with Crippen molar-refractivity contribution < 1.29 is 9.90 Å². The van der Waals surface area contributed by atoms with Crippen LogP contribution in [0.4, 0.5) is 0 Å². The van der Waals surface area contributed by atoms with Crippen molar-refractivity contribution in [2.24, 2.45) is 0 Å². The van der Waals surface area contributed by atoms with E-state index in [-0.39, 0.29) is 0 Å². The minimum atomic E-state index is -0.850. The zero-order valence-corrected chi connectivity index (χ0v) is 8.45. The Kier molecular flexibility index (Phi) is 3.65. The van der Waals surface area contributed by atoms with Crippen LogP contribution in [-0.2, 0) is 11.2 Å². The number of hydrogen-bond acceptors (Lipinski definition) is 2. The third kappa shape index (κ3) is 2.33. The zero-order chi connectivity index (χ0) is 10.6. The first-order valence-electron chi connectivity index (χ1n) is 4.68. The molecule has 0 aromatic heterocycles. The third-order valence-corrected chi connectivity index (χ3v) is 2.26. The molecule has 14 heavy (non-hydrogen) atoms. The lowest BCUT2D eigenvalue weighted by Crippen LogP contribution is -2.24. The Labute approximate surface area is 83.8 Å². The van der Waals surface area contributed by atoms with Crippen LogP contribution in [0.5, 0.6) is 0 Å². The number of aryl methyl sites for hydroxylation is 1. The van der Waals surface area contributed by atoms with Crippen molar-refractivity contribution in [2.75, 3.05) is 7.05 Å². The van der Waals surface area contributed by atoms with Crippen LogP contribution in [0.25, 0.3) is 0 Å². The Morgan fingerprint density at radius 3 is 2.36 bits per heavy atom. The van der Waals surface area contributed by atoms with Crippen LogP contribution < -0.4 is 5.32 Å². The van der Waals surface area contributed by atoms with Gasteiger partial charge in [0.1, 0.15) is 6.04 Å². The molecular weight excluding hydrogens is 178 g/mol. The highest BCUT2D eigenvalue weighted by Gasteiger charge is 2.16. The van der Waals surface area contributed by atoms with Gasteiger partial charge in [-0.05, 0) is 24.6 Å². The number of aliphatic carboxylic acids is 1. The first-order valence-corrected chi connectivity index (χ1v) is 4.68. The SMILES string of the molecule is CCc1ccc(C(NC)C(=O)O)cc1. The van der Waals surface area contributed by atoms with Gasteiger partial charge in [0.25, 0.3) is 0 Å². The van der Waals surface area contributed by atoms with Gasteiger partial charge in [-0.15, -0.1) is 0 Å². The standard InChI is InChI=1S/C11H15NO2/c1-3-8-4-6-9(7-5-8)10(12-2)11(13)14/h4-7,10,12H,3H2,1-2H3,(H,13,14). The average molecular weight is 193 g/mol. The van der Waals surface area contributed by atoms with Crippen LogP contribution in [0.2, 0.25) is 0 Å². The summed E-state index contributed by atoms with van der Waals surface area (Å²) in [5, 5.41) is 11.6. The number of carboxylic acids is 1. The second-order valence-electron chi connectivity index (χ2n) is 3.16. The zero-order valence-electron chi connectivity index (χ0n) is 8.45. The Morgan fingerprint density at radius 2 is 2.00 bits per heavy atom. The van der Waals surface area contributed by atoms with Gasteiger partial charge in [-0.25, -0.2) is 0 Å². The molecule has 1 atom stereocenters. The molecule has 0 amide bonds. The van der Waals surface area contributed by atoms with E-state index in [2.05, 4.69) is 12.2 Å². The predicted molar refractivity (Wildman–Crippen MR) is 55.3 cm³/mol. The maximum atomic E-state index is 10.8. The first kappa shape index (κ1) is 10.7. The molecule has 0 saturated carbocycles. The highest BCUT2D eigenvalue weighted by Crippen LogP contribution is 2.13. The maximum absolute atomic E-state index is 10.8. The minimum absolute atomic E-state index is 0.610. The summed E-state index contributed by atoms with van der Waals surface area (Å²) in [5.41, 5.74) is 2.01. The Morgan fingerprint density at radius 1 is 1.43 bits per heavy atom. The molecule has 0 saturated heterocycles. The number of benzene rings is 1. The van der Waals surface area contributed by atoms with Crippen LogP contribution in [0.1, 0.15) is 24.1 Å². The number of carboxylic acid groups (broad SMARTS) is 1. The monoisotopic (exact) mass is 193 g/mol. The Bertz CT molecular complexity index is 306. The van der Waals surface area contributed by atoms with Crippen LogP contribution in [0.3, 0.4) is 0 Å². The summed E-state index contributed by atoms with van der Waals surface area (Å²) >= 11 is 0. The van der Waals surface area contributed by atoms with Crippen molar-refractivity contribution in [2.45, 2.75) is 19.4 Å². The van der Waals surface area contributed by atoms with Crippen molar-refractivity contribution in [3.05, 3.63) is 35.4 Å². The molecular formula is C11H15NO2. The predicted octanol–water partition coefficient (Wildman–Crippen LogP) is 1.59. The summed E-state index contributed by atoms with van der Waals surface area (Å²) in [4.78, 5) is 10.8. The molecule has 1 rings (SSSR count). The van der Waals surface area contributed by atoms with Crippen LogP contribution in [-0.4, -0.2) is 18.1 Å². The van der Waals surface area contributed by atoms with Crippen LogP contribution in [0, 0.1) is 0 Å².